The maximum Gasteiger partial charge on any atom is 0.251 e. The Morgan fingerprint density at radius 3 is 1.86 bits per heavy atom. The Morgan fingerprint density at radius 1 is 0.724 bits per heavy atom. The van der Waals surface area contributed by atoms with Gasteiger partial charge in [-0.1, -0.05) is 78.9 Å². The van der Waals surface area contributed by atoms with E-state index in [4.69, 9.17) is 0 Å². The zero-order valence-corrected chi connectivity index (χ0v) is 16.6. The van der Waals surface area contributed by atoms with E-state index < -0.39 is 5.41 Å². The number of carbonyl (C=O) groups excluding carboxylic acids is 2. The lowest BCUT2D eigenvalue weighted by Crippen LogP contribution is -2.46. The maximum absolute atomic E-state index is 13.2. The summed E-state index contributed by atoms with van der Waals surface area (Å²) in [6, 6.07) is 28.9. The molecule has 0 saturated heterocycles. The van der Waals surface area contributed by atoms with Crippen LogP contribution in [0.1, 0.15) is 28.4 Å². The summed E-state index contributed by atoms with van der Waals surface area (Å²) in [5.41, 5.74) is 1.98. The summed E-state index contributed by atoms with van der Waals surface area (Å²) in [6.45, 7) is 2.71. The fourth-order valence-corrected chi connectivity index (χ4v) is 3.36. The molecule has 0 spiro atoms. The van der Waals surface area contributed by atoms with Gasteiger partial charge in [0.15, 0.2) is 0 Å². The molecule has 3 aromatic carbocycles. The predicted octanol–water partition coefficient (Wildman–Crippen LogP) is 3.73. The van der Waals surface area contributed by atoms with Crippen LogP contribution in [0.3, 0.4) is 0 Å². The Morgan fingerprint density at radius 2 is 1.24 bits per heavy atom. The van der Waals surface area contributed by atoms with Crippen LogP contribution in [0.4, 0.5) is 0 Å². The van der Waals surface area contributed by atoms with Gasteiger partial charge in [0.25, 0.3) is 5.91 Å². The normalized spacial score (nSPS) is 12.6. The minimum absolute atomic E-state index is 0.0542. The first-order valence-corrected chi connectivity index (χ1v) is 9.80. The SMILES string of the molecule is CC(Cc1ccccc1)(C(=O)NCCNC(=O)c1ccccc1)c1ccccc1. The molecule has 1 unspecified atom stereocenters. The van der Waals surface area contributed by atoms with E-state index in [1.165, 1.54) is 0 Å². The van der Waals surface area contributed by atoms with Gasteiger partial charge in [0.1, 0.15) is 0 Å². The van der Waals surface area contributed by atoms with Gasteiger partial charge in [0.05, 0.1) is 5.41 Å². The number of hydrogen-bond donors (Lipinski definition) is 2. The molecule has 0 radical (unpaired) electrons. The molecule has 148 valence electrons. The second kappa shape index (κ2) is 9.69. The van der Waals surface area contributed by atoms with E-state index in [0.717, 1.165) is 11.1 Å². The van der Waals surface area contributed by atoms with Gasteiger partial charge in [-0.2, -0.15) is 0 Å². The summed E-state index contributed by atoms with van der Waals surface area (Å²) in [6.07, 6.45) is 0.597. The van der Waals surface area contributed by atoms with Crippen LogP contribution >= 0.6 is 0 Å². The van der Waals surface area contributed by atoms with Crippen LogP contribution in [-0.4, -0.2) is 24.9 Å². The van der Waals surface area contributed by atoms with Gasteiger partial charge >= 0.3 is 0 Å². The third-order valence-corrected chi connectivity index (χ3v) is 5.04. The topological polar surface area (TPSA) is 58.2 Å². The highest BCUT2D eigenvalue weighted by Gasteiger charge is 2.35. The van der Waals surface area contributed by atoms with Crippen molar-refractivity contribution in [2.45, 2.75) is 18.8 Å². The Labute approximate surface area is 172 Å². The van der Waals surface area contributed by atoms with Crippen molar-refractivity contribution >= 4 is 11.8 Å². The molecule has 3 rings (SSSR count). The van der Waals surface area contributed by atoms with E-state index in [0.29, 0.717) is 25.1 Å². The summed E-state index contributed by atoms with van der Waals surface area (Å²) < 4.78 is 0. The second-order valence-corrected chi connectivity index (χ2v) is 7.24. The number of rotatable bonds is 8. The zero-order valence-electron chi connectivity index (χ0n) is 16.6. The average Bonchev–Trinajstić information content (AvgIpc) is 2.78. The van der Waals surface area contributed by atoms with Gasteiger partial charge < -0.3 is 10.6 Å². The molecular formula is C25H26N2O2. The van der Waals surface area contributed by atoms with Crippen LogP contribution in [0, 0.1) is 0 Å². The molecule has 0 aliphatic rings. The van der Waals surface area contributed by atoms with Crippen molar-refractivity contribution in [3.05, 3.63) is 108 Å². The number of nitrogens with one attached hydrogen (secondary N) is 2. The van der Waals surface area contributed by atoms with Crippen molar-refractivity contribution in [3.8, 4) is 0 Å². The molecule has 0 fully saturated rings. The molecule has 4 nitrogen and oxygen atoms in total. The fourth-order valence-electron chi connectivity index (χ4n) is 3.36. The first-order valence-electron chi connectivity index (χ1n) is 9.80. The lowest BCUT2D eigenvalue weighted by atomic mass is 9.76. The number of amides is 2. The number of benzene rings is 3. The molecule has 0 aromatic heterocycles. The van der Waals surface area contributed by atoms with Crippen LogP contribution in [0.2, 0.25) is 0 Å². The smallest absolute Gasteiger partial charge is 0.251 e. The summed E-state index contributed by atoms with van der Waals surface area (Å²) in [7, 11) is 0. The first-order chi connectivity index (χ1) is 14.1. The molecule has 3 aromatic rings. The third kappa shape index (κ3) is 5.32. The van der Waals surface area contributed by atoms with Crippen LogP contribution in [0.25, 0.3) is 0 Å². The molecule has 2 amide bonds. The molecule has 4 heteroatoms. The van der Waals surface area contributed by atoms with Crippen molar-refractivity contribution < 1.29 is 9.59 Å². The molecular weight excluding hydrogens is 360 g/mol. The predicted molar refractivity (Wildman–Crippen MR) is 116 cm³/mol. The average molecular weight is 386 g/mol. The van der Waals surface area contributed by atoms with Gasteiger partial charge in [-0.05, 0) is 36.6 Å². The molecule has 0 aliphatic carbocycles. The van der Waals surface area contributed by atoms with E-state index in [-0.39, 0.29) is 11.8 Å². The number of hydrogen-bond acceptors (Lipinski definition) is 2. The van der Waals surface area contributed by atoms with E-state index in [1.54, 1.807) is 12.1 Å². The summed E-state index contributed by atoms with van der Waals surface area (Å²) >= 11 is 0. The van der Waals surface area contributed by atoms with Crippen molar-refractivity contribution in [1.82, 2.24) is 10.6 Å². The van der Waals surface area contributed by atoms with Crippen molar-refractivity contribution in [2.24, 2.45) is 0 Å². The van der Waals surface area contributed by atoms with Crippen LogP contribution in [-0.2, 0) is 16.6 Å². The Kier molecular flexibility index (Phi) is 6.80. The minimum Gasteiger partial charge on any atom is -0.354 e. The second-order valence-electron chi connectivity index (χ2n) is 7.24. The van der Waals surface area contributed by atoms with Crippen molar-refractivity contribution in [3.63, 3.8) is 0 Å². The van der Waals surface area contributed by atoms with Crippen LogP contribution in [0.15, 0.2) is 91.0 Å². The van der Waals surface area contributed by atoms with E-state index >= 15 is 0 Å². The first kappa shape index (κ1) is 20.3. The van der Waals surface area contributed by atoms with Crippen LogP contribution < -0.4 is 10.6 Å². The summed E-state index contributed by atoms with van der Waals surface area (Å²) in [4.78, 5) is 25.3. The molecule has 29 heavy (non-hydrogen) atoms. The molecule has 0 bridgehead atoms. The minimum atomic E-state index is -0.702. The lowest BCUT2D eigenvalue weighted by Gasteiger charge is -2.29. The largest absolute Gasteiger partial charge is 0.354 e. The van der Waals surface area contributed by atoms with E-state index in [9.17, 15) is 9.59 Å². The molecule has 0 saturated carbocycles. The Balaban J connectivity index is 1.63. The number of carbonyl (C=O) groups is 2. The van der Waals surface area contributed by atoms with E-state index in [2.05, 4.69) is 10.6 Å². The highest BCUT2D eigenvalue weighted by atomic mass is 16.2. The van der Waals surface area contributed by atoms with Gasteiger partial charge in [-0.25, -0.2) is 0 Å². The van der Waals surface area contributed by atoms with Gasteiger partial charge in [0.2, 0.25) is 5.91 Å². The van der Waals surface area contributed by atoms with Crippen molar-refractivity contribution in [2.75, 3.05) is 13.1 Å². The van der Waals surface area contributed by atoms with Gasteiger partial charge in [-0.15, -0.1) is 0 Å². The quantitative estimate of drug-likeness (QED) is 0.580. The molecule has 2 N–H and O–H groups in total. The van der Waals surface area contributed by atoms with Gasteiger partial charge in [-0.3, -0.25) is 9.59 Å². The third-order valence-electron chi connectivity index (χ3n) is 5.04. The summed E-state index contributed by atoms with van der Waals surface area (Å²) in [5, 5.41) is 5.84. The van der Waals surface area contributed by atoms with E-state index in [1.807, 2.05) is 85.8 Å². The Bertz CT molecular complexity index is 927. The van der Waals surface area contributed by atoms with Gasteiger partial charge in [0, 0.05) is 18.7 Å². The Hall–Kier alpha value is -3.40. The molecule has 0 heterocycles. The van der Waals surface area contributed by atoms with Crippen LogP contribution in [0.5, 0.6) is 0 Å². The maximum atomic E-state index is 13.2. The lowest BCUT2D eigenvalue weighted by molar-refractivity contribution is -0.126. The zero-order chi connectivity index (χ0) is 20.5. The van der Waals surface area contributed by atoms with Crippen molar-refractivity contribution in [1.29, 1.82) is 0 Å². The monoisotopic (exact) mass is 386 g/mol. The fraction of sp³-hybridized carbons (Fsp3) is 0.200. The highest BCUT2D eigenvalue weighted by molar-refractivity contribution is 5.94. The standard InChI is InChI=1S/C25H26N2O2/c1-25(22-15-9-4-10-16-22,19-20-11-5-2-6-12-20)24(29)27-18-17-26-23(28)21-13-7-3-8-14-21/h2-16H,17-19H2,1H3,(H,26,28)(H,27,29). The molecule has 1 atom stereocenters. The molecule has 0 aliphatic heterocycles. The summed E-state index contributed by atoms with van der Waals surface area (Å²) in [5.74, 6) is -0.198. The highest BCUT2D eigenvalue weighted by Crippen LogP contribution is 2.28.